The molecule has 2 aromatic rings. The van der Waals surface area contributed by atoms with E-state index in [4.69, 9.17) is 23.2 Å². The average Bonchev–Trinajstić information content (AvgIpc) is 2.38. The molecular weight excluding hydrogens is 349 g/mol. The van der Waals surface area contributed by atoms with Gasteiger partial charge >= 0.3 is 0 Å². The summed E-state index contributed by atoms with van der Waals surface area (Å²) < 4.78 is 0. The molecule has 2 nitrogen and oxygen atoms in total. The molecule has 0 saturated carbocycles. The maximum absolute atomic E-state index is 12.2. The fourth-order valence-electron chi connectivity index (χ4n) is 1.64. The Morgan fingerprint density at radius 1 is 1.11 bits per heavy atom. The Labute approximate surface area is 129 Å². The van der Waals surface area contributed by atoms with Gasteiger partial charge in [-0.25, -0.2) is 0 Å². The lowest BCUT2D eigenvalue weighted by Crippen LogP contribution is -2.13. The van der Waals surface area contributed by atoms with Gasteiger partial charge < -0.3 is 5.32 Å². The Hall–Kier alpha value is -1.03. The summed E-state index contributed by atoms with van der Waals surface area (Å²) in [5.74, 6) is -0.317. The first-order chi connectivity index (χ1) is 9.11. The summed E-state index contributed by atoms with van der Waals surface area (Å²) >= 11 is 15.4. The molecule has 0 aliphatic heterocycles. The fraction of sp³-hybridized carbons (Fsp3) is 0.0714. The van der Waals surface area contributed by atoms with Crippen molar-refractivity contribution in [1.29, 1.82) is 0 Å². The quantitative estimate of drug-likeness (QED) is 0.756. The van der Waals surface area contributed by atoms with Crippen molar-refractivity contribution in [2.45, 2.75) is 5.33 Å². The summed E-state index contributed by atoms with van der Waals surface area (Å²) in [6, 6.07) is 12.5. The lowest BCUT2D eigenvalue weighted by molar-refractivity contribution is 0.102. The van der Waals surface area contributed by atoms with Crippen molar-refractivity contribution in [3.63, 3.8) is 0 Å². The van der Waals surface area contributed by atoms with E-state index in [9.17, 15) is 4.79 Å². The van der Waals surface area contributed by atoms with Crippen LogP contribution in [0.5, 0.6) is 0 Å². The molecule has 0 spiro atoms. The van der Waals surface area contributed by atoms with Crippen LogP contribution in [0.2, 0.25) is 10.0 Å². The van der Waals surface area contributed by atoms with Crippen LogP contribution in [-0.2, 0) is 5.33 Å². The molecule has 0 fully saturated rings. The molecule has 0 saturated heterocycles. The first-order valence-corrected chi connectivity index (χ1v) is 7.40. The van der Waals surface area contributed by atoms with Gasteiger partial charge in [-0.05, 0) is 29.8 Å². The van der Waals surface area contributed by atoms with Gasteiger partial charge in [0.15, 0.2) is 0 Å². The molecule has 0 unspecified atom stereocenters. The minimum absolute atomic E-state index is 0.287. The molecule has 2 rings (SSSR count). The third-order valence-electron chi connectivity index (χ3n) is 2.53. The van der Waals surface area contributed by atoms with Crippen molar-refractivity contribution in [1.82, 2.24) is 0 Å². The summed E-state index contributed by atoms with van der Waals surface area (Å²) in [6.07, 6.45) is 0. The lowest BCUT2D eigenvalue weighted by Gasteiger charge is -2.09. The molecule has 0 heterocycles. The fourth-order valence-corrected chi connectivity index (χ4v) is 2.56. The van der Waals surface area contributed by atoms with Gasteiger partial charge in [-0.3, -0.25) is 4.79 Å². The Kier molecular flexibility index (Phi) is 4.86. The summed E-state index contributed by atoms with van der Waals surface area (Å²) in [7, 11) is 0. The molecule has 0 bridgehead atoms. The average molecular weight is 359 g/mol. The van der Waals surface area contributed by atoms with Crippen molar-refractivity contribution in [2.75, 3.05) is 5.32 Å². The van der Waals surface area contributed by atoms with Crippen LogP contribution in [0.25, 0.3) is 0 Å². The molecule has 5 heteroatoms. The third kappa shape index (κ3) is 3.50. The normalized spacial score (nSPS) is 10.3. The molecule has 2 aromatic carbocycles. The number of anilines is 1. The van der Waals surface area contributed by atoms with Crippen molar-refractivity contribution in [3.8, 4) is 0 Å². The van der Waals surface area contributed by atoms with Crippen LogP contribution in [0, 0.1) is 0 Å². The summed E-state index contributed by atoms with van der Waals surface area (Å²) in [6.45, 7) is 0. The molecule has 1 N–H and O–H groups in total. The van der Waals surface area contributed by atoms with Gasteiger partial charge in [-0.1, -0.05) is 57.3 Å². The Morgan fingerprint density at radius 3 is 2.37 bits per heavy atom. The van der Waals surface area contributed by atoms with Crippen molar-refractivity contribution in [2.24, 2.45) is 0 Å². The molecule has 98 valence electrons. The molecule has 0 aliphatic carbocycles. The number of benzene rings is 2. The SMILES string of the molecule is O=C(Nc1cccc(CBr)c1)c1c(Cl)cccc1Cl. The predicted octanol–water partition coefficient (Wildman–Crippen LogP) is 5.14. The highest BCUT2D eigenvalue weighted by atomic mass is 79.9. The lowest BCUT2D eigenvalue weighted by atomic mass is 10.2. The third-order valence-corrected chi connectivity index (χ3v) is 3.81. The number of amides is 1. The van der Waals surface area contributed by atoms with E-state index in [0.29, 0.717) is 15.7 Å². The Bertz CT molecular complexity index is 596. The molecular formula is C14H10BrCl2NO. The van der Waals surface area contributed by atoms with Crippen LogP contribution < -0.4 is 5.32 Å². The number of hydrogen-bond donors (Lipinski definition) is 1. The highest BCUT2D eigenvalue weighted by Crippen LogP contribution is 2.25. The number of rotatable bonds is 3. The summed E-state index contributed by atoms with van der Waals surface area (Å²) in [4.78, 5) is 12.2. The van der Waals surface area contributed by atoms with Gasteiger partial charge in [0, 0.05) is 11.0 Å². The molecule has 0 aliphatic rings. The number of carbonyl (C=O) groups is 1. The van der Waals surface area contributed by atoms with E-state index in [1.165, 1.54) is 0 Å². The zero-order valence-electron chi connectivity index (χ0n) is 9.79. The van der Waals surface area contributed by atoms with E-state index in [-0.39, 0.29) is 11.5 Å². The van der Waals surface area contributed by atoms with Crippen LogP contribution >= 0.6 is 39.1 Å². The number of halogens is 3. The highest BCUT2D eigenvalue weighted by Gasteiger charge is 2.14. The minimum Gasteiger partial charge on any atom is -0.322 e. The first kappa shape index (κ1) is 14.4. The van der Waals surface area contributed by atoms with E-state index in [2.05, 4.69) is 21.2 Å². The number of nitrogens with one attached hydrogen (secondary N) is 1. The van der Waals surface area contributed by atoms with Gasteiger partial charge in [-0.15, -0.1) is 0 Å². The summed E-state index contributed by atoms with van der Waals surface area (Å²) in [5.41, 5.74) is 2.07. The topological polar surface area (TPSA) is 29.1 Å². The largest absolute Gasteiger partial charge is 0.322 e. The number of alkyl halides is 1. The van der Waals surface area contributed by atoms with Crippen molar-refractivity contribution in [3.05, 3.63) is 63.6 Å². The standard InChI is InChI=1S/C14H10BrCl2NO/c15-8-9-3-1-4-10(7-9)18-14(19)13-11(16)5-2-6-12(13)17/h1-7H,8H2,(H,18,19). The van der Waals surface area contributed by atoms with E-state index < -0.39 is 0 Å². The summed E-state index contributed by atoms with van der Waals surface area (Å²) in [5, 5.41) is 4.18. The maximum Gasteiger partial charge on any atom is 0.258 e. The zero-order chi connectivity index (χ0) is 13.8. The van der Waals surface area contributed by atoms with Crippen LogP contribution in [0.1, 0.15) is 15.9 Å². The van der Waals surface area contributed by atoms with Gasteiger partial charge in [0.2, 0.25) is 0 Å². The number of carbonyl (C=O) groups excluding carboxylic acids is 1. The smallest absolute Gasteiger partial charge is 0.258 e. The highest BCUT2D eigenvalue weighted by molar-refractivity contribution is 9.08. The van der Waals surface area contributed by atoms with Crippen LogP contribution in [0.15, 0.2) is 42.5 Å². The van der Waals surface area contributed by atoms with Crippen LogP contribution in [-0.4, -0.2) is 5.91 Å². The second kappa shape index (κ2) is 6.42. The second-order valence-corrected chi connectivity index (χ2v) is 5.26. The molecule has 1 amide bonds. The minimum atomic E-state index is -0.317. The van der Waals surface area contributed by atoms with E-state index >= 15 is 0 Å². The molecule has 0 aromatic heterocycles. The van der Waals surface area contributed by atoms with E-state index in [0.717, 1.165) is 10.9 Å². The first-order valence-electron chi connectivity index (χ1n) is 5.52. The Morgan fingerprint density at radius 2 is 1.74 bits per heavy atom. The van der Waals surface area contributed by atoms with Gasteiger partial charge in [-0.2, -0.15) is 0 Å². The second-order valence-electron chi connectivity index (χ2n) is 3.88. The van der Waals surface area contributed by atoms with Gasteiger partial charge in [0.05, 0.1) is 15.6 Å². The zero-order valence-corrected chi connectivity index (χ0v) is 12.9. The Balaban J connectivity index is 2.26. The van der Waals surface area contributed by atoms with E-state index in [1.54, 1.807) is 18.2 Å². The molecule has 0 atom stereocenters. The maximum atomic E-state index is 12.2. The van der Waals surface area contributed by atoms with Gasteiger partial charge in [0.25, 0.3) is 5.91 Å². The van der Waals surface area contributed by atoms with Crippen molar-refractivity contribution < 1.29 is 4.79 Å². The van der Waals surface area contributed by atoms with Gasteiger partial charge in [0.1, 0.15) is 0 Å². The predicted molar refractivity (Wildman–Crippen MR) is 83.5 cm³/mol. The molecule has 0 radical (unpaired) electrons. The van der Waals surface area contributed by atoms with Crippen molar-refractivity contribution >= 4 is 50.7 Å². The number of hydrogen-bond acceptors (Lipinski definition) is 1. The van der Waals surface area contributed by atoms with E-state index in [1.807, 2.05) is 24.3 Å². The van der Waals surface area contributed by atoms with Crippen LogP contribution in [0.4, 0.5) is 5.69 Å². The molecule has 19 heavy (non-hydrogen) atoms. The van der Waals surface area contributed by atoms with Crippen LogP contribution in [0.3, 0.4) is 0 Å². The monoisotopic (exact) mass is 357 g/mol.